The van der Waals surface area contributed by atoms with Gasteiger partial charge in [0.25, 0.3) is 0 Å². The van der Waals surface area contributed by atoms with E-state index in [2.05, 4.69) is 10.6 Å². The second-order valence-corrected chi connectivity index (χ2v) is 6.90. The van der Waals surface area contributed by atoms with E-state index in [4.69, 9.17) is 16.3 Å². The standard InChI is InChI=1S/C17H15ClN2O3S/c1-23-12-4-2-3-11(8-12)19-16(21)9-15-17(22)20-13-7-10(18)5-6-14(13)24-15/h2-8,15H,9H2,1H3,(H,19,21)(H,20,22)/t15-/m0/s1. The minimum atomic E-state index is -0.482. The van der Waals surface area contributed by atoms with E-state index in [-0.39, 0.29) is 18.2 Å². The van der Waals surface area contributed by atoms with Crippen LogP contribution < -0.4 is 15.4 Å². The molecule has 2 N–H and O–H groups in total. The fourth-order valence-electron chi connectivity index (χ4n) is 2.34. The van der Waals surface area contributed by atoms with Crippen molar-refractivity contribution in [2.24, 2.45) is 0 Å². The van der Waals surface area contributed by atoms with Crippen LogP contribution in [0.4, 0.5) is 11.4 Å². The number of amides is 2. The summed E-state index contributed by atoms with van der Waals surface area (Å²) in [5.41, 5.74) is 1.31. The number of fused-ring (bicyclic) bond motifs is 1. The molecule has 7 heteroatoms. The average molecular weight is 363 g/mol. The van der Waals surface area contributed by atoms with Crippen LogP contribution in [0.3, 0.4) is 0 Å². The van der Waals surface area contributed by atoms with Gasteiger partial charge in [-0.15, -0.1) is 11.8 Å². The van der Waals surface area contributed by atoms with Crippen molar-refractivity contribution >= 4 is 46.6 Å². The molecule has 1 heterocycles. The van der Waals surface area contributed by atoms with Gasteiger partial charge in [-0.1, -0.05) is 17.7 Å². The third-order valence-electron chi connectivity index (χ3n) is 3.49. The first-order valence-corrected chi connectivity index (χ1v) is 8.52. The van der Waals surface area contributed by atoms with Crippen LogP contribution in [0.15, 0.2) is 47.4 Å². The number of carbonyl (C=O) groups excluding carboxylic acids is 2. The van der Waals surface area contributed by atoms with Crippen molar-refractivity contribution in [3.63, 3.8) is 0 Å². The van der Waals surface area contributed by atoms with Gasteiger partial charge in [0.05, 0.1) is 18.0 Å². The lowest BCUT2D eigenvalue weighted by Gasteiger charge is -2.23. The Labute approximate surface area is 148 Å². The molecule has 0 unspecified atom stereocenters. The van der Waals surface area contributed by atoms with Crippen molar-refractivity contribution in [2.45, 2.75) is 16.6 Å². The maximum atomic E-state index is 12.2. The molecule has 0 saturated heterocycles. The lowest BCUT2D eigenvalue weighted by Crippen LogP contribution is -2.32. The number of nitrogens with one attached hydrogen (secondary N) is 2. The number of halogens is 1. The summed E-state index contributed by atoms with van der Waals surface area (Å²) in [6, 6.07) is 12.4. The number of rotatable bonds is 4. The molecule has 0 spiro atoms. The maximum Gasteiger partial charge on any atom is 0.238 e. The monoisotopic (exact) mass is 362 g/mol. The van der Waals surface area contributed by atoms with E-state index in [9.17, 15) is 9.59 Å². The minimum absolute atomic E-state index is 0.0791. The molecule has 0 saturated carbocycles. The zero-order valence-corrected chi connectivity index (χ0v) is 14.4. The van der Waals surface area contributed by atoms with Crippen LogP contribution in [0.25, 0.3) is 0 Å². The number of hydrogen-bond donors (Lipinski definition) is 2. The molecule has 0 radical (unpaired) electrons. The van der Waals surface area contributed by atoms with Crippen molar-refractivity contribution in [3.05, 3.63) is 47.5 Å². The number of benzene rings is 2. The Kier molecular flexibility index (Phi) is 4.97. The van der Waals surface area contributed by atoms with Crippen molar-refractivity contribution in [1.29, 1.82) is 0 Å². The van der Waals surface area contributed by atoms with Gasteiger partial charge in [-0.3, -0.25) is 9.59 Å². The van der Waals surface area contributed by atoms with E-state index < -0.39 is 5.25 Å². The lowest BCUT2D eigenvalue weighted by molar-refractivity contribution is -0.120. The van der Waals surface area contributed by atoms with E-state index >= 15 is 0 Å². The summed E-state index contributed by atoms with van der Waals surface area (Å²) < 4.78 is 5.12. The fraction of sp³-hybridized carbons (Fsp3) is 0.176. The van der Waals surface area contributed by atoms with E-state index in [0.717, 1.165) is 4.90 Å². The Bertz CT molecular complexity index is 797. The molecule has 0 bridgehead atoms. The molecule has 124 valence electrons. The molecule has 1 atom stereocenters. The number of methoxy groups -OCH3 is 1. The second-order valence-electron chi connectivity index (χ2n) is 5.22. The Hall–Kier alpha value is -2.18. The first-order chi connectivity index (χ1) is 11.5. The van der Waals surface area contributed by atoms with Gasteiger partial charge in [0.2, 0.25) is 11.8 Å². The van der Waals surface area contributed by atoms with E-state index in [0.29, 0.717) is 22.1 Å². The fourth-order valence-corrected chi connectivity index (χ4v) is 3.60. The van der Waals surface area contributed by atoms with Crippen molar-refractivity contribution in [1.82, 2.24) is 0 Å². The van der Waals surface area contributed by atoms with E-state index in [1.54, 1.807) is 43.5 Å². The Morgan fingerprint density at radius 1 is 1.33 bits per heavy atom. The summed E-state index contributed by atoms with van der Waals surface area (Å²) in [6.07, 6.45) is 0.0791. The molecule has 3 rings (SSSR count). The third kappa shape index (κ3) is 3.83. The SMILES string of the molecule is COc1cccc(NC(=O)C[C@@H]2Sc3ccc(Cl)cc3NC2=O)c1. The predicted octanol–water partition coefficient (Wildman–Crippen LogP) is 3.79. The zero-order valence-electron chi connectivity index (χ0n) is 12.8. The normalized spacial score (nSPS) is 16.1. The molecule has 1 aliphatic heterocycles. The van der Waals surface area contributed by atoms with Gasteiger partial charge in [-0.2, -0.15) is 0 Å². The van der Waals surface area contributed by atoms with Crippen molar-refractivity contribution < 1.29 is 14.3 Å². The third-order valence-corrected chi connectivity index (χ3v) is 5.00. The molecule has 0 aliphatic carbocycles. The van der Waals surface area contributed by atoms with Crippen LogP contribution in [0.5, 0.6) is 5.75 Å². The smallest absolute Gasteiger partial charge is 0.238 e. The van der Waals surface area contributed by atoms with Crippen LogP contribution >= 0.6 is 23.4 Å². The zero-order chi connectivity index (χ0) is 17.1. The number of ether oxygens (including phenoxy) is 1. The van der Waals surface area contributed by atoms with Crippen LogP contribution in [0, 0.1) is 0 Å². The quantitative estimate of drug-likeness (QED) is 0.868. The van der Waals surface area contributed by atoms with Gasteiger partial charge in [-0.05, 0) is 30.3 Å². The summed E-state index contributed by atoms with van der Waals surface area (Å²) in [5.74, 6) is 0.229. The Morgan fingerprint density at radius 3 is 2.96 bits per heavy atom. The van der Waals surface area contributed by atoms with Crippen LogP contribution in [-0.2, 0) is 9.59 Å². The topological polar surface area (TPSA) is 67.4 Å². The molecule has 1 aliphatic rings. The highest BCUT2D eigenvalue weighted by Gasteiger charge is 2.29. The van der Waals surface area contributed by atoms with E-state index in [1.165, 1.54) is 11.8 Å². The summed E-state index contributed by atoms with van der Waals surface area (Å²) in [4.78, 5) is 25.3. The van der Waals surface area contributed by atoms with E-state index in [1.807, 2.05) is 6.07 Å². The molecule has 24 heavy (non-hydrogen) atoms. The molecular weight excluding hydrogens is 348 g/mol. The predicted molar refractivity (Wildman–Crippen MR) is 96.0 cm³/mol. The number of hydrogen-bond acceptors (Lipinski definition) is 4. The van der Waals surface area contributed by atoms with Gasteiger partial charge in [-0.25, -0.2) is 0 Å². The molecular formula is C17H15ClN2O3S. The van der Waals surface area contributed by atoms with Crippen LogP contribution in [0.2, 0.25) is 5.02 Å². The Balaban J connectivity index is 1.66. The van der Waals surface area contributed by atoms with Gasteiger partial charge >= 0.3 is 0 Å². The van der Waals surface area contributed by atoms with Crippen molar-refractivity contribution in [3.8, 4) is 5.75 Å². The molecule has 0 aromatic heterocycles. The molecule has 5 nitrogen and oxygen atoms in total. The summed E-state index contributed by atoms with van der Waals surface area (Å²) in [5, 5.41) is 5.66. The molecule has 2 amide bonds. The lowest BCUT2D eigenvalue weighted by atomic mass is 10.2. The molecule has 2 aromatic rings. The first kappa shape index (κ1) is 16.7. The molecule has 2 aromatic carbocycles. The van der Waals surface area contributed by atoms with Gasteiger partial charge in [0.1, 0.15) is 5.75 Å². The number of carbonyl (C=O) groups is 2. The van der Waals surface area contributed by atoms with Crippen molar-refractivity contribution in [2.75, 3.05) is 17.7 Å². The Morgan fingerprint density at radius 2 is 2.17 bits per heavy atom. The summed E-state index contributed by atoms with van der Waals surface area (Å²) in [6.45, 7) is 0. The summed E-state index contributed by atoms with van der Waals surface area (Å²) in [7, 11) is 1.56. The maximum absolute atomic E-state index is 12.2. The average Bonchev–Trinajstić information content (AvgIpc) is 2.56. The highest BCUT2D eigenvalue weighted by Crippen LogP contribution is 2.38. The number of anilines is 2. The molecule has 0 fully saturated rings. The van der Waals surface area contributed by atoms with Gasteiger partial charge in [0, 0.05) is 28.1 Å². The highest BCUT2D eigenvalue weighted by molar-refractivity contribution is 8.01. The van der Waals surface area contributed by atoms with Crippen LogP contribution in [-0.4, -0.2) is 24.2 Å². The second kappa shape index (κ2) is 7.15. The highest BCUT2D eigenvalue weighted by atomic mass is 35.5. The largest absolute Gasteiger partial charge is 0.497 e. The number of thioether (sulfide) groups is 1. The summed E-state index contributed by atoms with van der Waals surface area (Å²) >= 11 is 7.29. The minimum Gasteiger partial charge on any atom is -0.497 e. The van der Waals surface area contributed by atoms with Gasteiger partial charge in [0.15, 0.2) is 0 Å². The van der Waals surface area contributed by atoms with Gasteiger partial charge < -0.3 is 15.4 Å². The van der Waals surface area contributed by atoms with Crippen LogP contribution in [0.1, 0.15) is 6.42 Å². The first-order valence-electron chi connectivity index (χ1n) is 7.26.